The number of ether oxygens (including phenoxy) is 4. The van der Waals surface area contributed by atoms with Gasteiger partial charge in [0.05, 0.1) is 23.3 Å². The Labute approximate surface area is 629 Å². The van der Waals surface area contributed by atoms with Crippen molar-refractivity contribution in [1.82, 2.24) is 73.5 Å². The van der Waals surface area contributed by atoms with Gasteiger partial charge in [0.1, 0.15) is 63.8 Å². The van der Waals surface area contributed by atoms with E-state index >= 15 is 0 Å². The van der Waals surface area contributed by atoms with E-state index in [-0.39, 0.29) is 64.4 Å². The molecule has 1 aliphatic carbocycles. The number of carbonyl (C=O) groups excluding carboxylic acids is 1. The summed E-state index contributed by atoms with van der Waals surface area (Å²) < 4.78 is 55.5. The number of H-pyrrole nitrogens is 3. The number of thiophene rings is 1. The van der Waals surface area contributed by atoms with Crippen LogP contribution in [0.15, 0.2) is 206 Å². The molecule has 2 aliphatic rings. The molecule has 0 amide bonds. The SMILES string of the molecule is CC(F)(F)c1cc(OCc2cc(=O)n3[nH]c(-c4ccccc4)nc3n2)cs1.CC1(C)CCCC(OCC2=CC(=O)n3nc(-c4ccccc4)nc3C2)C1.Cc1cccc(OCc2nc3nc(-c4ccccc4)[nH]n3c(=O)c2Br)c1C.Cc1cccc(OCc2nc3nc(-c4ccccc4)[nH]n3c(=O)c2Cl)c1C. The number of rotatable bonds is 17. The van der Waals surface area contributed by atoms with Crippen LogP contribution in [-0.2, 0) is 36.9 Å². The fourth-order valence-corrected chi connectivity index (χ4v) is 13.3. The summed E-state index contributed by atoms with van der Waals surface area (Å²) in [6, 6.07) is 52.5. The molecule has 23 nitrogen and oxygen atoms in total. The number of nitrogens with one attached hydrogen (secondary N) is 3. The van der Waals surface area contributed by atoms with Crippen LogP contribution in [0.1, 0.15) is 101 Å². The Morgan fingerprint density at radius 1 is 0.598 bits per heavy atom. The normalized spacial score (nSPS) is 13.9. The minimum atomic E-state index is -2.91. The average Bonchev–Trinajstić information content (AvgIpc) is 1.67. The lowest BCUT2D eigenvalue weighted by atomic mass is 9.76. The highest BCUT2D eigenvalue weighted by molar-refractivity contribution is 9.10. The first kappa shape index (κ1) is 73.9. The molecular formula is C79H73BrClF2N15O8S. The molecule has 14 aromatic rings. The summed E-state index contributed by atoms with van der Waals surface area (Å²) in [4.78, 5) is 80.9. The number of fused-ring (bicyclic) bond motifs is 4. The molecule has 1 aliphatic heterocycles. The summed E-state index contributed by atoms with van der Waals surface area (Å²) in [5, 5.41) is 14.7. The predicted molar refractivity (Wildman–Crippen MR) is 408 cm³/mol. The van der Waals surface area contributed by atoms with Gasteiger partial charge in [-0.3, -0.25) is 34.5 Å². The highest BCUT2D eigenvalue weighted by Gasteiger charge is 2.31. The summed E-state index contributed by atoms with van der Waals surface area (Å²) in [7, 11) is 0. The standard InChI is InChI=1S/C21H25N3O2.C20H17BrN4O2.C20H17ClN4O2.C18H14F2N4O2S/c1-21(2)10-6-9-17(13-21)26-14-15-11-18-22-20(16-7-4-3-5-8-16)23-24(18)19(25)12-15;2*1-12-7-6-10-16(13(12)2)27-11-15-17(21)19(26)25-20(22-15)23-18(24-25)14-8-4-3-5-9-14;1-18(19,20)14-8-13(10-27-14)26-9-12-7-15(25)24-17(21-12)22-16(23-24)11-5-3-2-4-6-11/h3-5,7-8,12,17H,6,9-11,13-14H2,1-2H3;2*3-10H,11H2,1-2H3,(H,22,23,24);2-8,10H,9H2,1H3,(H,21,22,23). The lowest BCUT2D eigenvalue weighted by Gasteiger charge is -2.35. The van der Waals surface area contributed by atoms with E-state index in [2.05, 4.69) is 85.1 Å². The molecule has 3 N–H and O–H groups in total. The largest absolute Gasteiger partial charge is 0.487 e. The Kier molecular flexibility index (Phi) is 22.2. The first-order valence-corrected chi connectivity index (χ1v) is 36.4. The monoisotopic (exact) mass is 1540 g/mol. The van der Waals surface area contributed by atoms with Gasteiger partial charge >= 0.3 is 0 Å². The lowest BCUT2D eigenvalue weighted by molar-refractivity contribution is 0.00398. The number of allylic oxidation sites excluding steroid dienone is 1. The molecule has 1 saturated carbocycles. The van der Waals surface area contributed by atoms with Crippen molar-refractivity contribution >= 4 is 62.1 Å². The fourth-order valence-electron chi connectivity index (χ4n) is 12.0. The van der Waals surface area contributed by atoms with Gasteiger partial charge in [-0.15, -0.1) is 16.4 Å². The van der Waals surface area contributed by atoms with Crippen molar-refractivity contribution in [3.05, 3.63) is 277 Å². The van der Waals surface area contributed by atoms with Crippen LogP contribution in [-0.4, -0.2) is 92.1 Å². The minimum Gasteiger partial charge on any atom is -0.487 e. The van der Waals surface area contributed by atoms with Crippen LogP contribution in [0.4, 0.5) is 8.78 Å². The summed E-state index contributed by atoms with van der Waals surface area (Å²) in [6.07, 6.45) is 7.23. The first-order valence-electron chi connectivity index (χ1n) is 34.3. The van der Waals surface area contributed by atoms with Crippen molar-refractivity contribution in [2.24, 2.45) is 5.41 Å². The second kappa shape index (κ2) is 32.1. The van der Waals surface area contributed by atoms with Gasteiger partial charge in [-0.1, -0.05) is 177 Å². The second-order valence-electron chi connectivity index (χ2n) is 26.6. The van der Waals surface area contributed by atoms with Gasteiger partial charge in [0, 0.05) is 59.2 Å². The zero-order valence-electron chi connectivity index (χ0n) is 59.3. The van der Waals surface area contributed by atoms with Crippen molar-refractivity contribution in [3.8, 4) is 62.8 Å². The van der Waals surface area contributed by atoms with E-state index in [1.807, 2.05) is 185 Å². The first-order chi connectivity index (χ1) is 51.5. The van der Waals surface area contributed by atoms with E-state index in [0.29, 0.717) is 80.6 Å². The van der Waals surface area contributed by atoms with Gasteiger partial charge in [0.2, 0.25) is 0 Å². The molecule has 107 heavy (non-hydrogen) atoms. The van der Waals surface area contributed by atoms with Crippen LogP contribution < -0.4 is 30.9 Å². The van der Waals surface area contributed by atoms with Crippen molar-refractivity contribution < 1.29 is 32.5 Å². The van der Waals surface area contributed by atoms with Gasteiger partial charge in [0.25, 0.3) is 45.8 Å². The molecule has 8 aromatic heterocycles. The van der Waals surface area contributed by atoms with Crippen LogP contribution in [0.2, 0.25) is 5.02 Å². The van der Waals surface area contributed by atoms with Crippen LogP contribution in [0, 0.1) is 33.1 Å². The van der Waals surface area contributed by atoms with Crippen LogP contribution in [0.3, 0.4) is 0 Å². The van der Waals surface area contributed by atoms with Crippen molar-refractivity contribution in [2.45, 2.75) is 112 Å². The molecule has 9 heterocycles. The third-order valence-electron chi connectivity index (χ3n) is 18.1. The molecule has 0 bridgehead atoms. The zero-order valence-corrected chi connectivity index (χ0v) is 62.5. The minimum absolute atomic E-state index is 0.0149. The van der Waals surface area contributed by atoms with Crippen molar-refractivity contribution in [1.29, 1.82) is 0 Å². The highest BCUT2D eigenvalue weighted by Crippen LogP contribution is 2.38. The van der Waals surface area contributed by atoms with Gasteiger partial charge in [0.15, 0.2) is 23.3 Å². The maximum absolute atomic E-state index is 13.3. The number of nitrogens with zero attached hydrogens (tertiary/aromatic N) is 12. The van der Waals surface area contributed by atoms with Gasteiger partial charge in [-0.2, -0.15) is 33.2 Å². The molecular weight excluding hydrogens is 1470 g/mol. The summed E-state index contributed by atoms with van der Waals surface area (Å²) in [6.45, 7) is 14.2. The Balaban J connectivity index is 0.000000126. The number of halogens is 4. The Morgan fingerprint density at radius 3 is 1.65 bits per heavy atom. The Morgan fingerprint density at radius 2 is 1.11 bits per heavy atom. The summed E-state index contributed by atoms with van der Waals surface area (Å²) in [5.41, 5.74) is 9.43. The quantitative estimate of drug-likeness (QED) is 0.0764. The molecule has 0 radical (unpaired) electrons. The molecule has 6 aromatic carbocycles. The summed E-state index contributed by atoms with van der Waals surface area (Å²) >= 11 is 10.5. The molecule has 1 unspecified atom stereocenters. The Bertz CT molecular complexity index is 5570. The molecule has 28 heteroatoms. The second-order valence-corrected chi connectivity index (χ2v) is 28.7. The van der Waals surface area contributed by atoms with Gasteiger partial charge < -0.3 is 18.9 Å². The number of hydrogen-bond acceptors (Lipinski definition) is 17. The number of hydrogen-bond donors (Lipinski definition) is 3. The molecule has 0 spiro atoms. The number of benzene rings is 6. The zero-order chi connectivity index (χ0) is 75.1. The molecule has 0 saturated heterocycles. The van der Waals surface area contributed by atoms with Crippen molar-refractivity contribution in [3.63, 3.8) is 0 Å². The molecule has 1 fully saturated rings. The number of carbonyl (C=O) groups is 1. The van der Waals surface area contributed by atoms with E-state index < -0.39 is 11.5 Å². The fraction of sp³-hybridized carbons (Fsp3) is 0.241. The average molecular weight is 1550 g/mol. The third kappa shape index (κ3) is 17.5. The smallest absolute Gasteiger partial charge is 0.293 e. The van der Waals surface area contributed by atoms with Crippen LogP contribution in [0.5, 0.6) is 17.2 Å². The maximum Gasteiger partial charge on any atom is 0.293 e. The van der Waals surface area contributed by atoms with E-state index in [4.69, 9.17) is 30.5 Å². The van der Waals surface area contributed by atoms with E-state index in [9.17, 15) is 28.0 Å². The molecule has 16 rings (SSSR count). The maximum atomic E-state index is 13.3. The third-order valence-corrected chi connectivity index (χ3v) is 20.3. The van der Waals surface area contributed by atoms with E-state index in [0.717, 1.165) is 92.7 Å². The van der Waals surface area contributed by atoms with Gasteiger partial charge in [-0.25, -0.2) is 28.7 Å². The molecule has 546 valence electrons. The number of aromatic nitrogens is 15. The van der Waals surface area contributed by atoms with Gasteiger partial charge in [-0.05, 0) is 108 Å². The predicted octanol–water partition coefficient (Wildman–Crippen LogP) is 15.9. The van der Waals surface area contributed by atoms with Crippen molar-refractivity contribution in [2.75, 3.05) is 6.61 Å². The highest BCUT2D eigenvalue weighted by atomic mass is 79.9. The van der Waals surface area contributed by atoms with E-state index in [1.165, 1.54) is 48.6 Å². The van der Waals surface area contributed by atoms with Crippen LogP contribution >= 0.6 is 38.9 Å². The summed E-state index contributed by atoms with van der Waals surface area (Å²) in [5.74, 6) is 2.48. The number of alkyl halides is 2. The lowest BCUT2D eigenvalue weighted by Crippen LogP contribution is -2.29. The molecule has 1 atom stereocenters. The topological polar surface area (TPSA) is 274 Å². The Hall–Kier alpha value is -11.4. The number of aryl methyl sites for hydroxylation is 2. The number of aromatic amines is 3. The van der Waals surface area contributed by atoms with E-state index in [1.54, 1.807) is 6.08 Å². The van der Waals surface area contributed by atoms with Crippen LogP contribution in [0.25, 0.3) is 62.9 Å².